The molecule has 0 saturated heterocycles. The van der Waals surface area contributed by atoms with Crippen molar-refractivity contribution in [1.29, 1.82) is 0 Å². The highest BCUT2D eigenvalue weighted by molar-refractivity contribution is 7.91. The SMILES string of the molecule is Cc1ccc2sc(CC(N)=O)nc2c1-c1nccc(S(=O)(=O)c2ccccc2)c1N. The van der Waals surface area contributed by atoms with Crippen LogP contribution >= 0.6 is 11.3 Å². The number of benzene rings is 2. The monoisotopic (exact) mass is 438 g/mol. The second-order valence-electron chi connectivity index (χ2n) is 6.74. The summed E-state index contributed by atoms with van der Waals surface area (Å²) in [6.07, 6.45) is 1.46. The fraction of sp³-hybridized carbons (Fsp3) is 0.0952. The van der Waals surface area contributed by atoms with Gasteiger partial charge in [-0.1, -0.05) is 24.3 Å². The minimum absolute atomic E-state index is 0.0114. The second-order valence-corrected chi connectivity index (χ2v) is 9.78. The van der Waals surface area contributed by atoms with Gasteiger partial charge in [0, 0.05) is 11.8 Å². The van der Waals surface area contributed by atoms with E-state index in [1.54, 1.807) is 18.2 Å². The number of sulfone groups is 1. The smallest absolute Gasteiger partial charge is 0.224 e. The summed E-state index contributed by atoms with van der Waals surface area (Å²) in [7, 11) is -3.82. The average Bonchev–Trinajstić information content (AvgIpc) is 3.11. The maximum absolute atomic E-state index is 13.1. The lowest BCUT2D eigenvalue weighted by atomic mass is 10.0. The Labute approximate surface area is 177 Å². The molecule has 2 aromatic heterocycles. The Morgan fingerprint density at radius 2 is 1.83 bits per heavy atom. The minimum Gasteiger partial charge on any atom is -0.396 e. The zero-order valence-corrected chi connectivity index (χ0v) is 17.6. The Kier molecular flexibility index (Phi) is 5.00. The van der Waals surface area contributed by atoms with Crippen molar-refractivity contribution < 1.29 is 13.2 Å². The summed E-state index contributed by atoms with van der Waals surface area (Å²) in [6.45, 7) is 1.88. The number of aromatic nitrogens is 2. The van der Waals surface area contributed by atoms with Gasteiger partial charge in [0.2, 0.25) is 15.7 Å². The highest BCUT2D eigenvalue weighted by Crippen LogP contribution is 2.38. The molecule has 9 heteroatoms. The molecule has 0 aliphatic carbocycles. The van der Waals surface area contributed by atoms with Crippen molar-refractivity contribution in [1.82, 2.24) is 9.97 Å². The first-order chi connectivity index (χ1) is 14.3. The van der Waals surface area contributed by atoms with E-state index in [1.807, 2.05) is 19.1 Å². The number of carbonyl (C=O) groups excluding carboxylic acids is 1. The number of fused-ring (bicyclic) bond motifs is 1. The second kappa shape index (κ2) is 7.51. The highest BCUT2D eigenvalue weighted by atomic mass is 32.2. The maximum atomic E-state index is 13.1. The van der Waals surface area contributed by atoms with E-state index in [1.165, 1.54) is 35.7 Å². The molecule has 4 N–H and O–H groups in total. The van der Waals surface area contributed by atoms with Gasteiger partial charge in [0.1, 0.15) is 5.01 Å². The van der Waals surface area contributed by atoms with E-state index in [9.17, 15) is 13.2 Å². The first kappa shape index (κ1) is 20.0. The van der Waals surface area contributed by atoms with Crippen LogP contribution in [-0.4, -0.2) is 24.3 Å². The van der Waals surface area contributed by atoms with Crippen LogP contribution < -0.4 is 11.5 Å². The lowest BCUT2D eigenvalue weighted by molar-refractivity contribution is -0.117. The predicted octanol–water partition coefficient (Wildman–Crippen LogP) is 3.11. The minimum atomic E-state index is -3.82. The van der Waals surface area contributed by atoms with Crippen LogP contribution in [0.1, 0.15) is 10.6 Å². The summed E-state index contributed by atoms with van der Waals surface area (Å²) in [4.78, 5) is 20.4. The Bertz CT molecular complexity index is 1380. The van der Waals surface area contributed by atoms with Crippen LogP contribution in [-0.2, 0) is 21.1 Å². The van der Waals surface area contributed by atoms with Crippen molar-refractivity contribution in [3.8, 4) is 11.3 Å². The molecule has 4 rings (SSSR count). The van der Waals surface area contributed by atoms with Crippen molar-refractivity contribution in [2.75, 3.05) is 5.73 Å². The van der Waals surface area contributed by atoms with Crippen molar-refractivity contribution in [2.45, 2.75) is 23.1 Å². The fourth-order valence-corrected chi connectivity index (χ4v) is 5.66. The molecule has 0 saturated carbocycles. The third-order valence-corrected chi connectivity index (χ3v) is 7.52. The Balaban J connectivity index is 1.94. The molecule has 0 fully saturated rings. The number of anilines is 1. The van der Waals surface area contributed by atoms with E-state index in [2.05, 4.69) is 9.97 Å². The van der Waals surface area contributed by atoms with Gasteiger partial charge in [-0.25, -0.2) is 13.4 Å². The number of hydrogen-bond acceptors (Lipinski definition) is 7. The van der Waals surface area contributed by atoms with Gasteiger partial charge in [0.25, 0.3) is 0 Å². The van der Waals surface area contributed by atoms with E-state index in [0.29, 0.717) is 21.8 Å². The highest BCUT2D eigenvalue weighted by Gasteiger charge is 2.25. The molecule has 0 bridgehead atoms. The van der Waals surface area contributed by atoms with Crippen molar-refractivity contribution in [3.63, 3.8) is 0 Å². The Morgan fingerprint density at radius 3 is 2.53 bits per heavy atom. The van der Waals surface area contributed by atoms with Crippen LogP contribution in [0.15, 0.2) is 64.5 Å². The summed E-state index contributed by atoms with van der Waals surface area (Å²) >= 11 is 1.36. The standard InChI is InChI=1S/C21H18N4O3S2/c1-12-7-8-14-20(25-17(29-14)11-16(22)26)18(12)21-19(23)15(9-10-24-21)30(27,28)13-5-3-2-4-6-13/h2-10H,11,23H2,1H3,(H2,22,26). The fourth-order valence-electron chi connectivity index (χ4n) is 3.28. The number of rotatable bonds is 5. The van der Waals surface area contributed by atoms with Gasteiger partial charge in [0.05, 0.1) is 37.8 Å². The summed E-state index contributed by atoms with van der Waals surface area (Å²) < 4.78 is 27.1. The van der Waals surface area contributed by atoms with Crippen LogP contribution in [0.2, 0.25) is 0 Å². The molecule has 0 spiro atoms. The van der Waals surface area contributed by atoms with Crippen LogP contribution in [0.3, 0.4) is 0 Å². The van der Waals surface area contributed by atoms with Crippen molar-refractivity contribution >= 4 is 43.0 Å². The number of pyridine rings is 1. The lowest BCUT2D eigenvalue weighted by Crippen LogP contribution is -2.13. The summed E-state index contributed by atoms with van der Waals surface area (Å²) in [5.74, 6) is -0.471. The number of aryl methyl sites for hydroxylation is 1. The zero-order valence-electron chi connectivity index (χ0n) is 16.0. The van der Waals surface area contributed by atoms with Gasteiger partial charge in [-0.15, -0.1) is 11.3 Å². The molecule has 4 aromatic rings. The predicted molar refractivity (Wildman–Crippen MR) is 117 cm³/mol. The first-order valence-corrected chi connectivity index (χ1v) is 11.3. The molecular weight excluding hydrogens is 420 g/mol. The van der Waals surface area contributed by atoms with Gasteiger partial charge in [-0.3, -0.25) is 9.78 Å². The molecule has 0 unspecified atom stereocenters. The van der Waals surface area contributed by atoms with E-state index in [0.717, 1.165) is 10.3 Å². The average molecular weight is 439 g/mol. The third-order valence-electron chi connectivity index (χ3n) is 4.67. The van der Waals surface area contributed by atoms with Crippen LogP contribution in [0.5, 0.6) is 0 Å². The molecule has 2 heterocycles. The zero-order chi connectivity index (χ0) is 21.5. The third kappa shape index (κ3) is 3.42. The lowest BCUT2D eigenvalue weighted by Gasteiger charge is -2.13. The molecule has 0 aliphatic heterocycles. The van der Waals surface area contributed by atoms with Crippen molar-refractivity contribution in [2.24, 2.45) is 5.73 Å². The Morgan fingerprint density at radius 1 is 1.10 bits per heavy atom. The van der Waals surface area contributed by atoms with Crippen LogP contribution in [0.25, 0.3) is 21.5 Å². The van der Waals surface area contributed by atoms with Gasteiger partial charge in [-0.2, -0.15) is 0 Å². The molecule has 2 aromatic carbocycles. The maximum Gasteiger partial charge on any atom is 0.224 e. The Hall–Kier alpha value is -3.30. The number of carbonyl (C=O) groups is 1. The molecule has 30 heavy (non-hydrogen) atoms. The number of thiazole rings is 1. The molecule has 7 nitrogen and oxygen atoms in total. The molecule has 152 valence electrons. The number of amides is 1. The molecule has 0 atom stereocenters. The van der Waals surface area contributed by atoms with E-state index in [-0.39, 0.29) is 21.9 Å². The van der Waals surface area contributed by atoms with Crippen LogP contribution in [0, 0.1) is 6.92 Å². The van der Waals surface area contributed by atoms with E-state index < -0.39 is 15.7 Å². The van der Waals surface area contributed by atoms with Crippen LogP contribution in [0.4, 0.5) is 5.69 Å². The van der Waals surface area contributed by atoms with Crippen molar-refractivity contribution in [3.05, 3.63) is 65.3 Å². The topological polar surface area (TPSA) is 129 Å². The van der Waals surface area contributed by atoms with E-state index in [4.69, 9.17) is 11.5 Å². The number of hydrogen-bond donors (Lipinski definition) is 2. The summed E-state index contributed by atoms with van der Waals surface area (Å²) in [5.41, 5.74) is 14.1. The number of nitrogen functional groups attached to an aromatic ring is 1. The van der Waals surface area contributed by atoms with Gasteiger partial charge in [-0.05, 0) is 36.8 Å². The summed E-state index contributed by atoms with van der Waals surface area (Å²) in [6, 6.07) is 13.3. The largest absolute Gasteiger partial charge is 0.396 e. The van der Waals surface area contributed by atoms with Gasteiger partial charge < -0.3 is 11.5 Å². The molecule has 0 aliphatic rings. The van der Waals surface area contributed by atoms with Gasteiger partial charge in [0.15, 0.2) is 0 Å². The quantitative estimate of drug-likeness (QED) is 0.492. The molecular formula is C21H18N4O3S2. The number of nitrogens with zero attached hydrogens (tertiary/aromatic N) is 2. The summed E-state index contributed by atoms with van der Waals surface area (Å²) in [5, 5.41) is 0.580. The number of nitrogens with two attached hydrogens (primary N) is 2. The van der Waals surface area contributed by atoms with Gasteiger partial charge >= 0.3 is 0 Å². The molecule has 1 amide bonds. The molecule has 0 radical (unpaired) electrons. The first-order valence-electron chi connectivity index (χ1n) is 9.01. The number of primary amides is 1. The van der Waals surface area contributed by atoms with E-state index >= 15 is 0 Å². The normalized spacial score (nSPS) is 11.6.